The van der Waals surface area contributed by atoms with Gasteiger partial charge in [0.05, 0.1) is 0 Å². The summed E-state index contributed by atoms with van der Waals surface area (Å²) < 4.78 is 5.68. The van der Waals surface area contributed by atoms with E-state index in [4.69, 9.17) is 4.42 Å². The van der Waals surface area contributed by atoms with E-state index in [9.17, 15) is 15.0 Å². The average Bonchev–Trinajstić information content (AvgIpc) is 2.61. The van der Waals surface area contributed by atoms with Gasteiger partial charge < -0.3 is 14.6 Å². The molecule has 0 amide bonds. The van der Waals surface area contributed by atoms with Crippen LogP contribution >= 0.6 is 0 Å². The van der Waals surface area contributed by atoms with E-state index in [2.05, 4.69) is 6.92 Å². The normalized spacial score (nSPS) is 11.3. The lowest BCUT2D eigenvalue weighted by Crippen LogP contribution is -2.02. The van der Waals surface area contributed by atoms with Crippen molar-refractivity contribution in [2.24, 2.45) is 0 Å². The number of unbranched alkanes of at least 4 members (excludes halogenated alkanes) is 11. The number of phenols is 2. The molecule has 0 bridgehead atoms. The molecule has 27 heavy (non-hydrogen) atoms. The van der Waals surface area contributed by atoms with Crippen molar-refractivity contribution in [3.63, 3.8) is 0 Å². The molecular formula is C23H34O4. The predicted molar refractivity (Wildman–Crippen MR) is 111 cm³/mol. The summed E-state index contributed by atoms with van der Waals surface area (Å²) in [6.07, 6.45) is 16.2. The standard InChI is InChI=1S/C23H34O4/c1-2-3-4-5-6-7-8-9-10-11-12-13-14-19-17-21(26)23-20(25)15-18(24)16-22(23)27-19/h15-17,24-25H,2-14H2,1H3. The Morgan fingerprint density at radius 3 is 1.93 bits per heavy atom. The van der Waals surface area contributed by atoms with Crippen LogP contribution in [0.25, 0.3) is 11.0 Å². The van der Waals surface area contributed by atoms with Gasteiger partial charge in [-0.25, -0.2) is 0 Å². The molecule has 0 fully saturated rings. The lowest BCUT2D eigenvalue weighted by Gasteiger charge is -2.05. The monoisotopic (exact) mass is 374 g/mol. The molecular weight excluding hydrogens is 340 g/mol. The van der Waals surface area contributed by atoms with Crippen LogP contribution in [-0.2, 0) is 6.42 Å². The molecule has 0 unspecified atom stereocenters. The second-order valence-corrected chi connectivity index (χ2v) is 7.55. The van der Waals surface area contributed by atoms with Gasteiger partial charge in [0.15, 0.2) is 5.43 Å². The Labute approximate surface area is 162 Å². The minimum absolute atomic E-state index is 0.106. The molecule has 0 radical (unpaired) electrons. The summed E-state index contributed by atoms with van der Waals surface area (Å²) in [4.78, 5) is 12.1. The van der Waals surface area contributed by atoms with Crippen LogP contribution in [0, 0.1) is 0 Å². The number of benzene rings is 1. The van der Waals surface area contributed by atoms with Crippen LogP contribution in [0.3, 0.4) is 0 Å². The van der Waals surface area contributed by atoms with E-state index in [0.717, 1.165) is 18.9 Å². The Morgan fingerprint density at radius 2 is 1.33 bits per heavy atom. The lowest BCUT2D eigenvalue weighted by atomic mass is 10.0. The number of aromatic hydroxyl groups is 2. The molecule has 0 saturated carbocycles. The second kappa shape index (κ2) is 11.7. The van der Waals surface area contributed by atoms with E-state index in [1.807, 2.05) is 0 Å². The van der Waals surface area contributed by atoms with E-state index < -0.39 is 0 Å². The Bertz CT molecular complexity index is 748. The molecule has 0 atom stereocenters. The summed E-state index contributed by atoms with van der Waals surface area (Å²) in [5.74, 6) is 0.269. The largest absolute Gasteiger partial charge is 0.508 e. The lowest BCUT2D eigenvalue weighted by molar-refractivity contribution is 0.449. The van der Waals surface area contributed by atoms with Crippen LogP contribution in [0.15, 0.2) is 27.4 Å². The van der Waals surface area contributed by atoms with Crippen LogP contribution in [-0.4, -0.2) is 10.2 Å². The zero-order valence-electron chi connectivity index (χ0n) is 16.6. The van der Waals surface area contributed by atoms with Crippen molar-refractivity contribution in [3.05, 3.63) is 34.2 Å². The third-order valence-corrected chi connectivity index (χ3v) is 5.12. The zero-order chi connectivity index (χ0) is 19.5. The third-order valence-electron chi connectivity index (χ3n) is 5.12. The number of hydrogen-bond donors (Lipinski definition) is 2. The van der Waals surface area contributed by atoms with Gasteiger partial charge in [-0.2, -0.15) is 0 Å². The molecule has 1 aromatic carbocycles. The van der Waals surface area contributed by atoms with Gasteiger partial charge in [-0.15, -0.1) is 0 Å². The first-order valence-electron chi connectivity index (χ1n) is 10.6. The van der Waals surface area contributed by atoms with Crippen LogP contribution in [0.4, 0.5) is 0 Å². The van der Waals surface area contributed by atoms with E-state index in [0.29, 0.717) is 12.2 Å². The van der Waals surface area contributed by atoms with Crippen molar-refractivity contribution in [1.82, 2.24) is 0 Å². The highest BCUT2D eigenvalue weighted by molar-refractivity contribution is 5.84. The first-order valence-corrected chi connectivity index (χ1v) is 10.6. The van der Waals surface area contributed by atoms with Gasteiger partial charge in [-0.3, -0.25) is 4.79 Å². The maximum atomic E-state index is 12.1. The maximum absolute atomic E-state index is 12.1. The molecule has 0 aliphatic heterocycles. The predicted octanol–water partition coefficient (Wildman–Crippen LogP) is 6.45. The van der Waals surface area contributed by atoms with Gasteiger partial charge in [-0.05, 0) is 6.42 Å². The van der Waals surface area contributed by atoms with Crippen molar-refractivity contribution in [1.29, 1.82) is 0 Å². The van der Waals surface area contributed by atoms with Crippen molar-refractivity contribution in [2.75, 3.05) is 0 Å². The minimum atomic E-state index is -0.261. The number of aryl methyl sites for hydroxylation is 1. The first-order chi connectivity index (χ1) is 13.1. The van der Waals surface area contributed by atoms with Crippen molar-refractivity contribution in [2.45, 2.75) is 90.4 Å². The number of fused-ring (bicyclic) bond motifs is 1. The quantitative estimate of drug-likeness (QED) is 0.395. The molecule has 0 aliphatic carbocycles. The fraction of sp³-hybridized carbons (Fsp3) is 0.609. The second-order valence-electron chi connectivity index (χ2n) is 7.55. The topological polar surface area (TPSA) is 70.7 Å². The summed E-state index contributed by atoms with van der Waals surface area (Å²) in [6.45, 7) is 2.25. The van der Waals surface area contributed by atoms with Gasteiger partial charge in [0.25, 0.3) is 0 Å². The summed E-state index contributed by atoms with van der Waals surface area (Å²) in [5.41, 5.74) is -0.0170. The molecule has 1 aromatic heterocycles. The molecule has 2 N–H and O–H groups in total. The van der Waals surface area contributed by atoms with E-state index in [1.165, 1.54) is 76.3 Å². The van der Waals surface area contributed by atoms with E-state index >= 15 is 0 Å². The van der Waals surface area contributed by atoms with Gasteiger partial charge in [0.1, 0.15) is 28.2 Å². The molecule has 0 saturated heterocycles. The third kappa shape index (κ3) is 7.28. The fourth-order valence-corrected chi connectivity index (χ4v) is 3.57. The van der Waals surface area contributed by atoms with E-state index in [1.54, 1.807) is 0 Å². The molecule has 150 valence electrons. The minimum Gasteiger partial charge on any atom is -0.508 e. The molecule has 1 heterocycles. The summed E-state index contributed by atoms with van der Waals surface area (Å²) >= 11 is 0. The van der Waals surface area contributed by atoms with Crippen molar-refractivity contribution >= 4 is 11.0 Å². The molecule has 0 spiro atoms. The zero-order valence-corrected chi connectivity index (χ0v) is 16.6. The van der Waals surface area contributed by atoms with Gasteiger partial charge in [0, 0.05) is 24.6 Å². The van der Waals surface area contributed by atoms with Gasteiger partial charge in [0.2, 0.25) is 0 Å². The van der Waals surface area contributed by atoms with Crippen LogP contribution in [0.5, 0.6) is 11.5 Å². The number of phenolic OH excluding ortho intramolecular Hbond substituents is 2. The maximum Gasteiger partial charge on any atom is 0.196 e. The summed E-state index contributed by atoms with van der Waals surface area (Å²) in [6, 6.07) is 3.99. The Kier molecular flexibility index (Phi) is 9.23. The van der Waals surface area contributed by atoms with Crippen LogP contribution in [0.2, 0.25) is 0 Å². The fourth-order valence-electron chi connectivity index (χ4n) is 3.57. The highest BCUT2D eigenvalue weighted by Gasteiger charge is 2.10. The highest BCUT2D eigenvalue weighted by Crippen LogP contribution is 2.28. The number of rotatable bonds is 13. The SMILES string of the molecule is CCCCCCCCCCCCCCc1cc(=O)c2c(O)cc(O)cc2o1. The first kappa shape index (κ1) is 21.3. The Morgan fingerprint density at radius 1 is 0.778 bits per heavy atom. The van der Waals surface area contributed by atoms with E-state index in [-0.39, 0.29) is 27.9 Å². The summed E-state index contributed by atoms with van der Waals surface area (Å²) in [5, 5.41) is 19.5. The van der Waals surface area contributed by atoms with Crippen LogP contribution < -0.4 is 5.43 Å². The Balaban J connectivity index is 1.63. The molecule has 0 aliphatic rings. The molecule has 2 rings (SSSR count). The van der Waals surface area contributed by atoms with Crippen LogP contribution in [0.1, 0.15) is 89.7 Å². The highest BCUT2D eigenvalue weighted by atomic mass is 16.3. The smallest absolute Gasteiger partial charge is 0.196 e. The van der Waals surface area contributed by atoms with Gasteiger partial charge in [-0.1, -0.05) is 77.6 Å². The number of hydrogen-bond acceptors (Lipinski definition) is 4. The van der Waals surface area contributed by atoms with Crippen molar-refractivity contribution < 1.29 is 14.6 Å². The molecule has 4 heteroatoms. The molecule has 4 nitrogen and oxygen atoms in total. The van der Waals surface area contributed by atoms with Gasteiger partial charge >= 0.3 is 0 Å². The average molecular weight is 375 g/mol. The Hall–Kier alpha value is -1.97. The molecule has 2 aromatic rings. The summed E-state index contributed by atoms with van der Waals surface area (Å²) in [7, 11) is 0. The van der Waals surface area contributed by atoms with Crippen molar-refractivity contribution in [3.8, 4) is 11.5 Å².